The van der Waals surface area contributed by atoms with Crippen molar-refractivity contribution in [3.8, 4) is 5.88 Å². The van der Waals surface area contributed by atoms with Gasteiger partial charge >= 0.3 is 0 Å². The van der Waals surface area contributed by atoms with Gasteiger partial charge in [-0.05, 0) is 19.3 Å². The summed E-state index contributed by atoms with van der Waals surface area (Å²) in [4.78, 5) is 0. The Hall–Kier alpha value is -0.990. The second-order valence-electron chi connectivity index (χ2n) is 4.04. The lowest BCUT2D eigenvalue weighted by molar-refractivity contribution is 0.227. The molecule has 0 fully saturated rings. The third kappa shape index (κ3) is 1.41. The van der Waals surface area contributed by atoms with Crippen LogP contribution in [0.15, 0.2) is 0 Å². The van der Waals surface area contributed by atoms with Gasteiger partial charge in [0.15, 0.2) is 0 Å². The fraction of sp³-hybridized carbons (Fsp3) is 0.727. The summed E-state index contributed by atoms with van der Waals surface area (Å²) < 4.78 is 7.71. The Morgan fingerprint density at radius 2 is 2.36 bits per heavy atom. The highest BCUT2D eigenvalue weighted by atomic mass is 16.5. The Balaban J connectivity index is 2.42. The van der Waals surface area contributed by atoms with Crippen LogP contribution < -0.4 is 4.74 Å². The summed E-state index contributed by atoms with van der Waals surface area (Å²) in [7, 11) is 0. The molecule has 3 nitrogen and oxygen atoms in total. The van der Waals surface area contributed by atoms with Crippen molar-refractivity contribution in [3.63, 3.8) is 0 Å². The fourth-order valence-electron chi connectivity index (χ4n) is 2.03. The first kappa shape index (κ1) is 9.56. The maximum Gasteiger partial charge on any atom is 0.215 e. The minimum atomic E-state index is 0.553. The first-order valence-electron chi connectivity index (χ1n) is 5.44. The highest BCUT2D eigenvalue weighted by Gasteiger charge is 2.22. The van der Waals surface area contributed by atoms with Gasteiger partial charge in [0.05, 0.1) is 12.3 Å². The molecule has 2 rings (SSSR count). The first-order chi connectivity index (χ1) is 6.74. The SMILES string of the molecule is CCC(C)c1c(C)nn2c1OCCC2. The summed E-state index contributed by atoms with van der Waals surface area (Å²) in [5.41, 5.74) is 2.45. The fourth-order valence-corrected chi connectivity index (χ4v) is 2.03. The van der Waals surface area contributed by atoms with Gasteiger partial charge in [0.25, 0.3) is 0 Å². The van der Waals surface area contributed by atoms with Gasteiger partial charge in [-0.25, -0.2) is 4.68 Å². The molecule has 0 spiro atoms. The Morgan fingerprint density at radius 3 is 3.07 bits per heavy atom. The summed E-state index contributed by atoms with van der Waals surface area (Å²) in [5.74, 6) is 1.57. The average molecular weight is 194 g/mol. The molecule has 1 aromatic heterocycles. The quantitative estimate of drug-likeness (QED) is 0.723. The van der Waals surface area contributed by atoms with Crippen LogP contribution in [0.1, 0.15) is 43.9 Å². The van der Waals surface area contributed by atoms with E-state index < -0.39 is 0 Å². The standard InChI is InChI=1S/C11H18N2O/c1-4-8(2)10-9(3)12-13-6-5-7-14-11(10)13/h8H,4-7H2,1-3H3. The minimum absolute atomic E-state index is 0.553. The number of aryl methyl sites for hydroxylation is 2. The van der Waals surface area contributed by atoms with E-state index in [2.05, 4.69) is 25.9 Å². The van der Waals surface area contributed by atoms with E-state index in [-0.39, 0.29) is 0 Å². The van der Waals surface area contributed by atoms with E-state index >= 15 is 0 Å². The molecule has 2 heterocycles. The number of hydrogen-bond acceptors (Lipinski definition) is 2. The van der Waals surface area contributed by atoms with Crippen LogP contribution >= 0.6 is 0 Å². The summed E-state index contributed by atoms with van der Waals surface area (Å²) >= 11 is 0. The molecule has 0 saturated carbocycles. The third-order valence-electron chi connectivity index (χ3n) is 2.98. The molecule has 0 saturated heterocycles. The van der Waals surface area contributed by atoms with Gasteiger partial charge in [0.2, 0.25) is 5.88 Å². The molecular formula is C11H18N2O. The predicted octanol–water partition coefficient (Wildman–Crippen LogP) is 2.49. The van der Waals surface area contributed by atoms with E-state index in [1.54, 1.807) is 0 Å². The van der Waals surface area contributed by atoms with Crippen LogP contribution in [0.2, 0.25) is 0 Å². The summed E-state index contributed by atoms with van der Waals surface area (Å²) in [6.07, 6.45) is 2.22. The second kappa shape index (κ2) is 3.64. The van der Waals surface area contributed by atoms with Crippen LogP contribution in [-0.4, -0.2) is 16.4 Å². The van der Waals surface area contributed by atoms with Crippen LogP contribution in [-0.2, 0) is 6.54 Å². The Labute approximate surface area is 85.1 Å². The van der Waals surface area contributed by atoms with Gasteiger partial charge in [-0.2, -0.15) is 5.10 Å². The normalized spacial score (nSPS) is 17.4. The summed E-state index contributed by atoms with van der Waals surface area (Å²) in [6, 6.07) is 0. The van der Waals surface area contributed by atoms with Crippen LogP contribution in [0.3, 0.4) is 0 Å². The van der Waals surface area contributed by atoms with Crippen LogP contribution in [0.5, 0.6) is 5.88 Å². The van der Waals surface area contributed by atoms with Gasteiger partial charge in [0.1, 0.15) is 0 Å². The zero-order valence-electron chi connectivity index (χ0n) is 9.21. The maximum atomic E-state index is 5.70. The number of hydrogen-bond donors (Lipinski definition) is 0. The lowest BCUT2D eigenvalue weighted by Crippen LogP contribution is -2.15. The number of nitrogens with zero attached hydrogens (tertiary/aromatic N) is 2. The Morgan fingerprint density at radius 1 is 1.57 bits per heavy atom. The molecule has 0 bridgehead atoms. The molecule has 78 valence electrons. The van der Waals surface area contributed by atoms with Gasteiger partial charge in [0, 0.05) is 18.5 Å². The van der Waals surface area contributed by atoms with Crippen molar-refractivity contribution in [1.29, 1.82) is 0 Å². The largest absolute Gasteiger partial charge is 0.478 e. The minimum Gasteiger partial charge on any atom is -0.478 e. The van der Waals surface area contributed by atoms with E-state index in [1.165, 1.54) is 5.56 Å². The molecule has 0 radical (unpaired) electrons. The molecule has 1 unspecified atom stereocenters. The van der Waals surface area contributed by atoms with E-state index in [9.17, 15) is 0 Å². The molecule has 14 heavy (non-hydrogen) atoms. The highest BCUT2D eigenvalue weighted by molar-refractivity contribution is 5.34. The summed E-state index contributed by atoms with van der Waals surface area (Å²) in [6.45, 7) is 8.37. The van der Waals surface area contributed by atoms with Crippen molar-refractivity contribution >= 4 is 0 Å². The lowest BCUT2D eigenvalue weighted by atomic mass is 9.99. The average Bonchev–Trinajstić information content (AvgIpc) is 2.53. The summed E-state index contributed by atoms with van der Waals surface area (Å²) in [5, 5.41) is 4.51. The van der Waals surface area contributed by atoms with Crippen LogP contribution in [0.4, 0.5) is 0 Å². The number of aromatic nitrogens is 2. The van der Waals surface area contributed by atoms with Crippen molar-refractivity contribution in [2.75, 3.05) is 6.61 Å². The molecule has 0 N–H and O–H groups in total. The molecule has 0 aromatic carbocycles. The van der Waals surface area contributed by atoms with Gasteiger partial charge in [-0.15, -0.1) is 0 Å². The Kier molecular flexibility index (Phi) is 2.48. The predicted molar refractivity (Wildman–Crippen MR) is 55.8 cm³/mol. The molecule has 0 amide bonds. The smallest absolute Gasteiger partial charge is 0.215 e. The van der Waals surface area contributed by atoms with Crippen LogP contribution in [0.25, 0.3) is 0 Å². The van der Waals surface area contributed by atoms with E-state index in [4.69, 9.17) is 4.74 Å². The molecule has 3 heteroatoms. The van der Waals surface area contributed by atoms with Crippen molar-refractivity contribution in [1.82, 2.24) is 9.78 Å². The monoisotopic (exact) mass is 194 g/mol. The Bertz CT molecular complexity index is 330. The lowest BCUT2D eigenvalue weighted by Gasteiger charge is -2.18. The van der Waals surface area contributed by atoms with Crippen molar-refractivity contribution < 1.29 is 4.74 Å². The van der Waals surface area contributed by atoms with Crippen LogP contribution in [0, 0.1) is 6.92 Å². The van der Waals surface area contributed by atoms with E-state index in [1.807, 2.05) is 4.68 Å². The zero-order chi connectivity index (χ0) is 10.1. The molecule has 1 aliphatic rings. The molecule has 1 aliphatic heterocycles. The van der Waals surface area contributed by atoms with Gasteiger partial charge in [-0.3, -0.25) is 0 Å². The first-order valence-corrected chi connectivity index (χ1v) is 5.44. The zero-order valence-corrected chi connectivity index (χ0v) is 9.21. The molecule has 0 aliphatic carbocycles. The van der Waals surface area contributed by atoms with Crippen molar-refractivity contribution in [2.24, 2.45) is 0 Å². The number of fused-ring (bicyclic) bond motifs is 1. The van der Waals surface area contributed by atoms with Crippen molar-refractivity contribution in [2.45, 2.75) is 46.1 Å². The molecular weight excluding hydrogens is 176 g/mol. The number of ether oxygens (including phenoxy) is 1. The van der Waals surface area contributed by atoms with E-state index in [0.29, 0.717) is 5.92 Å². The number of rotatable bonds is 2. The van der Waals surface area contributed by atoms with Gasteiger partial charge < -0.3 is 4.74 Å². The topological polar surface area (TPSA) is 27.1 Å². The van der Waals surface area contributed by atoms with Crippen molar-refractivity contribution in [3.05, 3.63) is 11.3 Å². The van der Waals surface area contributed by atoms with Gasteiger partial charge in [-0.1, -0.05) is 13.8 Å². The third-order valence-corrected chi connectivity index (χ3v) is 2.98. The maximum absolute atomic E-state index is 5.70. The second-order valence-corrected chi connectivity index (χ2v) is 4.04. The van der Waals surface area contributed by atoms with E-state index in [0.717, 1.165) is 37.6 Å². The molecule has 1 atom stereocenters. The molecule has 1 aromatic rings. The highest BCUT2D eigenvalue weighted by Crippen LogP contribution is 2.33.